The van der Waals surface area contributed by atoms with Gasteiger partial charge in [0.05, 0.1) is 6.61 Å². The van der Waals surface area contributed by atoms with Crippen LogP contribution in [0.4, 0.5) is 0 Å². The van der Waals surface area contributed by atoms with Crippen LogP contribution in [0.3, 0.4) is 0 Å². The van der Waals surface area contributed by atoms with Crippen molar-refractivity contribution in [3.8, 4) is 11.5 Å². The molecule has 1 aliphatic heterocycles. The van der Waals surface area contributed by atoms with E-state index in [1.165, 1.54) is 19.3 Å². The van der Waals surface area contributed by atoms with Crippen molar-refractivity contribution in [2.75, 3.05) is 32.8 Å². The van der Waals surface area contributed by atoms with Crippen LogP contribution in [0.2, 0.25) is 0 Å². The van der Waals surface area contributed by atoms with Crippen LogP contribution in [0.1, 0.15) is 51.1 Å². The van der Waals surface area contributed by atoms with Gasteiger partial charge in [-0.1, -0.05) is 38.3 Å². The number of piperazine rings is 1. The highest BCUT2D eigenvalue weighted by Gasteiger charge is 2.25. The molecule has 0 amide bonds. The summed E-state index contributed by atoms with van der Waals surface area (Å²) in [6.45, 7) is 8.87. The lowest BCUT2D eigenvalue weighted by Crippen LogP contribution is -2.45. The Kier molecular flexibility index (Phi) is 7.00. The Balaban J connectivity index is 2.20. The summed E-state index contributed by atoms with van der Waals surface area (Å²) in [6.07, 6.45) is 4.76. The van der Waals surface area contributed by atoms with Crippen molar-refractivity contribution in [1.29, 1.82) is 0 Å². The van der Waals surface area contributed by atoms with E-state index in [-0.39, 0.29) is 6.04 Å². The lowest BCUT2D eigenvalue weighted by Gasteiger charge is -2.35. The van der Waals surface area contributed by atoms with Crippen molar-refractivity contribution in [3.63, 3.8) is 0 Å². The summed E-state index contributed by atoms with van der Waals surface area (Å²) in [6, 6.07) is 6.18. The van der Waals surface area contributed by atoms with Crippen molar-refractivity contribution >= 4 is 0 Å². The van der Waals surface area contributed by atoms with Crippen LogP contribution in [0, 0.1) is 0 Å². The Labute approximate surface area is 134 Å². The number of hydrogen-bond acceptors (Lipinski definition) is 4. The molecule has 1 aromatic carbocycles. The van der Waals surface area contributed by atoms with E-state index >= 15 is 0 Å². The molecular weight excluding hydrogens is 276 g/mol. The predicted molar refractivity (Wildman–Crippen MR) is 90.6 cm³/mol. The molecule has 4 nitrogen and oxygen atoms in total. The standard InChI is InChI=1S/C18H30N2O2/c1-3-5-6-9-16(20-13-11-19-12-14-20)15-8-7-10-17(18(15)21)22-4-2/h7-8,10,16,19,21H,3-6,9,11-14H2,1-2H3/t16-/m0/s1. The monoisotopic (exact) mass is 306 g/mol. The number of rotatable bonds is 8. The lowest BCUT2D eigenvalue weighted by molar-refractivity contribution is 0.159. The molecule has 1 fully saturated rings. The van der Waals surface area contributed by atoms with Gasteiger partial charge in [-0.3, -0.25) is 4.90 Å². The number of nitrogens with zero attached hydrogens (tertiary/aromatic N) is 1. The van der Waals surface area contributed by atoms with E-state index < -0.39 is 0 Å². The summed E-state index contributed by atoms with van der Waals surface area (Å²) >= 11 is 0. The van der Waals surface area contributed by atoms with Crippen molar-refractivity contribution < 1.29 is 9.84 Å². The minimum Gasteiger partial charge on any atom is -0.504 e. The molecule has 0 aliphatic carbocycles. The molecule has 1 aromatic rings. The van der Waals surface area contributed by atoms with Crippen LogP contribution in [0.25, 0.3) is 0 Å². The van der Waals surface area contributed by atoms with Crippen molar-refractivity contribution in [2.45, 2.75) is 45.6 Å². The first-order valence-electron chi connectivity index (χ1n) is 8.67. The van der Waals surface area contributed by atoms with E-state index in [9.17, 15) is 5.11 Å². The average molecular weight is 306 g/mol. The van der Waals surface area contributed by atoms with Crippen molar-refractivity contribution in [3.05, 3.63) is 23.8 Å². The van der Waals surface area contributed by atoms with Gasteiger partial charge in [0.25, 0.3) is 0 Å². The van der Waals surface area contributed by atoms with Crippen molar-refractivity contribution in [2.24, 2.45) is 0 Å². The zero-order valence-corrected chi connectivity index (χ0v) is 14.0. The third-order valence-corrected chi connectivity index (χ3v) is 4.36. The number of benzene rings is 1. The molecule has 1 saturated heterocycles. The SMILES string of the molecule is CCCCC[C@@H](c1cccc(OCC)c1O)N1CCNCC1. The smallest absolute Gasteiger partial charge is 0.162 e. The third kappa shape index (κ3) is 4.37. The van der Waals surface area contributed by atoms with E-state index in [0.717, 1.165) is 38.2 Å². The number of aromatic hydroxyl groups is 1. The van der Waals surface area contributed by atoms with Crippen LogP contribution >= 0.6 is 0 Å². The molecule has 2 rings (SSSR count). The normalized spacial score (nSPS) is 17.4. The van der Waals surface area contributed by atoms with Crippen LogP contribution in [-0.2, 0) is 0 Å². The first-order chi connectivity index (χ1) is 10.8. The molecule has 4 heteroatoms. The fourth-order valence-electron chi connectivity index (χ4n) is 3.20. The molecule has 0 saturated carbocycles. The molecule has 124 valence electrons. The Morgan fingerprint density at radius 2 is 2.00 bits per heavy atom. The Hall–Kier alpha value is -1.26. The molecule has 0 aromatic heterocycles. The van der Waals surface area contributed by atoms with Gasteiger partial charge in [0.2, 0.25) is 0 Å². The first kappa shape index (κ1) is 17.1. The molecule has 1 heterocycles. The first-order valence-corrected chi connectivity index (χ1v) is 8.67. The zero-order chi connectivity index (χ0) is 15.8. The van der Waals surface area contributed by atoms with Crippen LogP contribution in [-0.4, -0.2) is 42.8 Å². The second kappa shape index (κ2) is 9.01. The summed E-state index contributed by atoms with van der Waals surface area (Å²) in [5, 5.41) is 14.0. The largest absolute Gasteiger partial charge is 0.504 e. The fraction of sp³-hybridized carbons (Fsp3) is 0.667. The molecule has 2 N–H and O–H groups in total. The quantitative estimate of drug-likeness (QED) is 0.723. The number of phenolic OH excluding ortho intramolecular Hbond substituents is 1. The van der Waals surface area contributed by atoms with Gasteiger partial charge in [0, 0.05) is 37.8 Å². The summed E-state index contributed by atoms with van der Waals surface area (Å²) < 4.78 is 5.56. The van der Waals surface area contributed by atoms with Crippen molar-refractivity contribution in [1.82, 2.24) is 10.2 Å². The van der Waals surface area contributed by atoms with E-state index in [1.807, 2.05) is 19.1 Å². The second-order valence-corrected chi connectivity index (χ2v) is 5.92. The highest BCUT2D eigenvalue weighted by Crippen LogP contribution is 2.38. The Morgan fingerprint density at radius 1 is 1.23 bits per heavy atom. The van der Waals surface area contributed by atoms with E-state index in [0.29, 0.717) is 18.1 Å². The number of phenols is 1. The number of para-hydroxylation sites is 1. The lowest BCUT2D eigenvalue weighted by atomic mass is 9.97. The van der Waals surface area contributed by atoms with E-state index in [4.69, 9.17) is 4.74 Å². The molecule has 0 unspecified atom stereocenters. The number of hydrogen-bond donors (Lipinski definition) is 2. The Bertz CT molecular complexity index is 445. The maximum Gasteiger partial charge on any atom is 0.162 e. The fourth-order valence-corrected chi connectivity index (χ4v) is 3.20. The molecule has 0 bridgehead atoms. The number of unbranched alkanes of at least 4 members (excludes halogenated alkanes) is 2. The molecule has 1 atom stereocenters. The van der Waals surface area contributed by atoms with Gasteiger partial charge in [0.1, 0.15) is 0 Å². The van der Waals surface area contributed by atoms with Gasteiger partial charge in [-0.25, -0.2) is 0 Å². The number of nitrogens with one attached hydrogen (secondary N) is 1. The zero-order valence-electron chi connectivity index (χ0n) is 14.0. The van der Waals surface area contributed by atoms with Crippen LogP contribution in [0.15, 0.2) is 18.2 Å². The van der Waals surface area contributed by atoms with Gasteiger partial charge >= 0.3 is 0 Å². The van der Waals surface area contributed by atoms with Crippen LogP contribution < -0.4 is 10.1 Å². The highest BCUT2D eigenvalue weighted by molar-refractivity contribution is 5.47. The average Bonchev–Trinajstić information content (AvgIpc) is 2.55. The van der Waals surface area contributed by atoms with E-state index in [1.54, 1.807) is 0 Å². The molecule has 1 aliphatic rings. The molecule has 22 heavy (non-hydrogen) atoms. The maximum atomic E-state index is 10.6. The maximum absolute atomic E-state index is 10.6. The van der Waals surface area contributed by atoms with Gasteiger partial charge in [-0.2, -0.15) is 0 Å². The number of ether oxygens (including phenoxy) is 1. The molecule has 0 spiro atoms. The summed E-state index contributed by atoms with van der Waals surface area (Å²) in [7, 11) is 0. The second-order valence-electron chi connectivity index (χ2n) is 5.92. The van der Waals surface area contributed by atoms with Gasteiger partial charge < -0.3 is 15.2 Å². The summed E-state index contributed by atoms with van der Waals surface area (Å²) in [5.74, 6) is 0.931. The molecule has 0 radical (unpaired) electrons. The topological polar surface area (TPSA) is 44.7 Å². The van der Waals surface area contributed by atoms with Crippen LogP contribution in [0.5, 0.6) is 11.5 Å². The van der Waals surface area contributed by atoms with Gasteiger partial charge in [0.15, 0.2) is 11.5 Å². The van der Waals surface area contributed by atoms with E-state index in [2.05, 4.69) is 23.2 Å². The highest BCUT2D eigenvalue weighted by atomic mass is 16.5. The minimum absolute atomic E-state index is 0.286. The molecular formula is C18H30N2O2. The predicted octanol–water partition coefficient (Wildman–Crippen LogP) is 3.32. The van der Waals surface area contributed by atoms with Gasteiger partial charge in [-0.15, -0.1) is 0 Å². The minimum atomic E-state index is 0.286. The van der Waals surface area contributed by atoms with Gasteiger partial charge in [-0.05, 0) is 19.4 Å². The summed E-state index contributed by atoms with van der Waals surface area (Å²) in [4.78, 5) is 2.50. The Morgan fingerprint density at radius 3 is 2.68 bits per heavy atom. The summed E-state index contributed by atoms with van der Waals surface area (Å²) in [5.41, 5.74) is 1.02. The third-order valence-electron chi connectivity index (χ3n) is 4.36.